The zero-order chi connectivity index (χ0) is 13.0. The predicted molar refractivity (Wildman–Crippen MR) is 77.7 cm³/mol. The lowest BCUT2D eigenvalue weighted by Gasteiger charge is -2.28. The van der Waals surface area contributed by atoms with Gasteiger partial charge in [-0.3, -0.25) is 4.90 Å². The fourth-order valence-electron chi connectivity index (χ4n) is 2.94. The van der Waals surface area contributed by atoms with Crippen molar-refractivity contribution in [3.8, 4) is 0 Å². The summed E-state index contributed by atoms with van der Waals surface area (Å²) >= 11 is 0. The molecule has 1 aliphatic rings. The number of hydrogen-bond acceptors (Lipinski definition) is 2. The largest absolute Gasteiger partial charge is 0.315 e. The van der Waals surface area contributed by atoms with Gasteiger partial charge >= 0.3 is 0 Å². The van der Waals surface area contributed by atoms with E-state index in [0.29, 0.717) is 6.04 Å². The summed E-state index contributed by atoms with van der Waals surface area (Å²) in [4.78, 5) is 2.51. The van der Waals surface area contributed by atoms with Crippen LogP contribution in [0.2, 0.25) is 0 Å². The van der Waals surface area contributed by atoms with Crippen LogP contribution in [0.15, 0.2) is 24.3 Å². The summed E-state index contributed by atoms with van der Waals surface area (Å²) in [5.41, 5.74) is 2.85. The van der Waals surface area contributed by atoms with Gasteiger partial charge < -0.3 is 5.32 Å². The molecule has 2 rings (SSSR count). The van der Waals surface area contributed by atoms with Crippen LogP contribution in [0.1, 0.15) is 31.4 Å². The lowest BCUT2D eigenvalue weighted by molar-refractivity contribution is 0.201. The van der Waals surface area contributed by atoms with Crippen molar-refractivity contribution in [1.29, 1.82) is 0 Å². The highest BCUT2D eigenvalue weighted by Crippen LogP contribution is 2.19. The first kappa shape index (κ1) is 13.6. The van der Waals surface area contributed by atoms with Gasteiger partial charge in [0, 0.05) is 19.1 Å². The van der Waals surface area contributed by atoms with Gasteiger partial charge in [0.05, 0.1) is 0 Å². The SMILES string of the molecule is CCc1ccc(CN(C)C2CNCC2CC)cc1. The first-order valence-electron chi connectivity index (χ1n) is 7.23. The molecule has 1 aliphatic heterocycles. The molecule has 1 heterocycles. The molecule has 0 amide bonds. The topological polar surface area (TPSA) is 15.3 Å². The first-order chi connectivity index (χ1) is 8.74. The maximum Gasteiger partial charge on any atom is 0.0261 e. The summed E-state index contributed by atoms with van der Waals surface area (Å²) in [6.07, 6.45) is 2.40. The summed E-state index contributed by atoms with van der Waals surface area (Å²) in [6.45, 7) is 7.89. The Bertz CT molecular complexity index is 358. The van der Waals surface area contributed by atoms with E-state index < -0.39 is 0 Å². The highest BCUT2D eigenvalue weighted by Gasteiger charge is 2.28. The van der Waals surface area contributed by atoms with E-state index in [0.717, 1.165) is 25.4 Å². The Labute approximate surface area is 111 Å². The van der Waals surface area contributed by atoms with Gasteiger partial charge in [0.1, 0.15) is 0 Å². The number of rotatable bonds is 5. The van der Waals surface area contributed by atoms with Crippen LogP contribution in [0.25, 0.3) is 0 Å². The minimum atomic E-state index is 0.695. The molecule has 0 aromatic heterocycles. The van der Waals surface area contributed by atoms with E-state index in [1.165, 1.54) is 24.1 Å². The molecule has 1 aromatic rings. The lowest BCUT2D eigenvalue weighted by atomic mass is 9.99. The Balaban J connectivity index is 1.95. The molecule has 1 fully saturated rings. The normalized spacial score (nSPS) is 23.8. The van der Waals surface area contributed by atoms with Crippen LogP contribution in [-0.2, 0) is 13.0 Å². The molecule has 0 saturated carbocycles. The van der Waals surface area contributed by atoms with Gasteiger partial charge in [-0.15, -0.1) is 0 Å². The highest BCUT2D eigenvalue weighted by molar-refractivity contribution is 5.22. The standard InChI is InChI=1S/C16H26N2/c1-4-13-6-8-14(9-7-13)12-18(3)16-11-17-10-15(16)5-2/h6-9,15-17H,4-5,10-12H2,1-3H3. The maximum atomic E-state index is 3.52. The molecule has 0 spiro atoms. The fourth-order valence-corrected chi connectivity index (χ4v) is 2.94. The van der Waals surface area contributed by atoms with Crippen molar-refractivity contribution in [2.75, 3.05) is 20.1 Å². The quantitative estimate of drug-likeness (QED) is 0.859. The number of nitrogens with zero attached hydrogens (tertiary/aromatic N) is 1. The number of benzene rings is 1. The highest BCUT2D eigenvalue weighted by atomic mass is 15.2. The summed E-state index contributed by atoms with van der Waals surface area (Å²) < 4.78 is 0. The molecule has 18 heavy (non-hydrogen) atoms. The van der Waals surface area contributed by atoms with Crippen LogP contribution in [0, 0.1) is 5.92 Å². The van der Waals surface area contributed by atoms with E-state index >= 15 is 0 Å². The van der Waals surface area contributed by atoms with Crippen molar-refractivity contribution in [2.24, 2.45) is 5.92 Å². The van der Waals surface area contributed by atoms with Crippen molar-refractivity contribution in [2.45, 2.75) is 39.3 Å². The molecule has 2 atom stereocenters. The molecule has 0 aliphatic carbocycles. The van der Waals surface area contributed by atoms with E-state index in [1.54, 1.807) is 0 Å². The Hall–Kier alpha value is -0.860. The lowest BCUT2D eigenvalue weighted by Crippen LogP contribution is -2.37. The van der Waals surface area contributed by atoms with Crippen molar-refractivity contribution >= 4 is 0 Å². The number of nitrogens with one attached hydrogen (secondary N) is 1. The molecule has 1 saturated heterocycles. The van der Waals surface area contributed by atoms with Gasteiger partial charge in [-0.05, 0) is 37.1 Å². The second-order valence-electron chi connectivity index (χ2n) is 5.48. The summed E-state index contributed by atoms with van der Waals surface area (Å²) in [5.74, 6) is 0.810. The average molecular weight is 246 g/mol. The molecule has 2 unspecified atom stereocenters. The zero-order valence-corrected chi connectivity index (χ0v) is 11.9. The van der Waals surface area contributed by atoms with Gasteiger partial charge in [0.15, 0.2) is 0 Å². The predicted octanol–water partition coefficient (Wildman–Crippen LogP) is 2.68. The van der Waals surface area contributed by atoms with E-state index in [-0.39, 0.29) is 0 Å². The second-order valence-corrected chi connectivity index (χ2v) is 5.48. The van der Waals surface area contributed by atoms with Gasteiger partial charge in [0.2, 0.25) is 0 Å². The van der Waals surface area contributed by atoms with E-state index in [9.17, 15) is 0 Å². The van der Waals surface area contributed by atoms with Gasteiger partial charge in [0.25, 0.3) is 0 Å². The van der Waals surface area contributed by atoms with Crippen LogP contribution < -0.4 is 5.32 Å². The van der Waals surface area contributed by atoms with Crippen molar-refractivity contribution < 1.29 is 0 Å². The minimum Gasteiger partial charge on any atom is -0.315 e. The molecule has 1 N–H and O–H groups in total. The Morgan fingerprint density at radius 3 is 2.39 bits per heavy atom. The van der Waals surface area contributed by atoms with E-state index in [1.807, 2.05) is 0 Å². The van der Waals surface area contributed by atoms with E-state index in [2.05, 4.69) is 55.4 Å². The van der Waals surface area contributed by atoms with Crippen LogP contribution in [0.4, 0.5) is 0 Å². The van der Waals surface area contributed by atoms with E-state index in [4.69, 9.17) is 0 Å². The van der Waals surface area contributed by atoms with Crippen molar-refractivity contribution in [3.05, 3.63) is 35.4 Å². The molecular formula is C16H26N2. The molecule has 100 valence electrons. The van der Waals surface area contributed by atoms with Crippen molar-refractivity contribution in [3.63, 3.8) is 0 Å². The summed E-state index contributed by atoms with van der Waals surface area (Å²) in [5, 5.41) is 3.52. The monoisotopic (exact) mass is 246 g/mol. The van der Waals surface area contributed by atoms with Gasteiger partial charge in [-0.2, -0.15) is 0 Å². The zero-order valence-electron chi connectivity index (χ0n) is 11.9. The number of hydrogen-bond donors (Lipinski definition) is 1. The van der Waals surface area contributed by atoms with Gasteiger partial charge in [-0.25, -0.2) is 0 Å². The molecule has 2 nitrogen and oxygen atoms in total. The van der Waals surface area contributed by atoms with Crippen LogP contribution in [0.5, 0.6) is 0 Å². The van der Waals surface area contributed by atoms with Crippen molar-refractivity contribution in [1.82, 2.24) is 10.2 Å². The minimum absolute atomic E-state index is 0.695. The third kappa shape index (κ3) is 3.12. The van der Waals surface area contributed by atoms with Gasteiger partial charge in [-0.1, -0.05) is 44.5 Å². The Kier molecular flexibility index (Phi) is 4.79. The molecule has 2 heteroatoms. The molecule has 0 radical (unpaired) electrons. The Morgan fingerprint density at radius 2 is 1.78 bits per heavy atom. The maximum absolute atomic E-state index is 3.52. The molecule has 1 aromatic carbocycles. The van der Waals surface area contributed by atoms with Crippen LogP contribution in [0.3, 0.4) is 0 Å². The van der Waals surface area contributed by atoms with Crippen LogP contribution in [-0.4, -0.2) is 31.1 Å². The number of aryl methyl sites for hydroxylation is 1. The Morgan fingerprint density at radius 1 is 1.11 bits per heavy atom. The average Bonchev–Trinajstić information content (AvgIpc) is 2.88. The number of likely N-dealkylation sites (N-methyl/N-ethyl adjacent to an activating group) is 1. The smallest absolute Gasteiger partial charge is 0.0261 e. The third-order valence-electron chi connectivity index (χ3n) is 4.26. The summed E-state index contributed by atoms with van der Waals surface area (Å²) in [6, 6.07) is 9.76. The second kappa shape index (κ2) is 6.35. The molecular weight excluding hydrogens is 220 g/mol. The fraction of sp³-hybridized carbons (Fsp3) is 0.625. The molecule has 0 bridgehead atoms. The summed E-state index contributed by atoms with van der Waals surface area (Å²) in [7, 11) is 2.26. The third-order valence-corrected chi connectivity index (χ3v) is 4.26. The van der Waals surface area contributed by atoms with Crippen LogP contribution >= 0.6 is 0 Å². The first-order valence-corrected chi connectivity index (χ1v) is 7.23.